The van der Waals surface area contributed by atoms with Crippen molar-refractivity contribution in [2.45, 2.75) is 38.8 Å². The summed E-state index contributed by atoms with van der Waals surface area (Å²) in [7, 11) is 0. The number of benzene rings is 1. The molecule has 1 amide bonds. The quantitative estimate of drug-likeness (QED) is 0.743. The van der Waals surface area contributed by atoms with Gasteiger partial charge in [0, 0.05) is 30.4 Å². The highest BCUT2D eigenvalue weighted by atomic mass is 16.1. The van der Waals surface area contributed by atoms with E-state index in [0.29, 0.717) is 11.1 Å². The summed E-state index contributed by atoms with van der Waals surface area (Å²) in [5.41, 5.74) is 4.26. The van der Waals surface area contributed by atoms with Gasteiger partial charge < -0.3 is 5.32 Å². The number of rotatable bonds is 4. The summed E-state index contributed by atoms with van der Waals surface area (Å²) >= 11 is 0. The van der Waals surface area contributed by atoms with Crippen LogP contribution in [0.2, 0.25) is 0 Å². The number of aromatic nitrogens is 4. The second-order valence-corrected chi connectivity index (χ2v) is 7.17. The second-order valence-electron chi connectivity index (χ2n) is 7.17. The zero-order valence-electron chi connectivity index (χ0n) is 15.5. The average Bonchev–Trinajstić information content (AvgIpc) is 3.03. The summed E-state index contributed by atoms with van der Waals surface area (Å²) in [5, 5.41) is 13.8. The van der Waals surface area contributed by atoms with E-state index in [4.69, 9.17) is 0 Å². The number of aryl methyl sites for hydroxylation is 1. The lowest BCUT2D eigenvalue weighted by molar-refractivity contribution is 0.0933. The van der Waals surface area contributed by atoms with Gasteiger partial charge in [0.05, 0.1) is 5.69 Å². The third-order valence-corrected chi connectivity index (χ3v) is 5.07. The summed E-state index contributed by atoms with van der Waals surface area (Å²) in [6, 6.07) is 11.8. The Bertz CT molecular complexity index is 937. The minimum atomic E-state index is -0.0429. The normalized spacial score (nSPS) is 18.3. The van der Waals surface area contributed by atoms with Gasteiger partial charge in [-0.15, -0.1) is 0 Å². The van der Waals surface area contributed by atoms with Gasteiger partial charge in [0.25, 0.3) is 5.91 Å². The minimum Gasteiger partial charge on any atom is -0.349 e. The number of amides is 1. The molecule has 2 N–H and O–H groups in total. The van der Waals surface area contributed by atoms with Crippen LogP contribution in [0.1, 0.15) is 41.0 Å². The number of carbonyl (C=O) groups is 1. The van der Waals surface area contributed by atoms with Crippen molar-refractivity contribution in [3.63, 3.8) is 0 Å². The highest BCUT2D eigenvalue weighted by molar-refractivity contribution is 5.97. The number of hydrogen-bond donors (Lipinski definition) is 2. The van der Waals surface area contributed by atoms with E-state index in [1.165, 1.54) is 0 Å². The molecule has 0 radical (unpaired) electrons. The molecule has 3 heterocycles. The number of likely N-dealkylation sites (tertiary alicyclic amines) is 1. The predicted octanol–water partition coefficient (Wildman–Crippen LogP) is 2.45. The van der Waals surface area contributed by atoms with Crippen LogP contribution in [0.15, 0.2) is 36.4 Å². The fraction of sp³-hybridized carbons (Fsp3) is 0.400. The Hall–Kier alpha value is -2.80. The molecule has 7 heteroatoms. The fourth-order valence-corrected chi connectivity index (χ4v) is 3.63. The lowest BCUT2D eigenvalue weighted by Crippen LogP contribution is -2.35. The molecule has 4 rings (SSSR count). The van der Waals surface area contributed by atoms with E-state index in [-0.39, 0.29) is 11.9 Å². The monoisotopic (exact) mass is 364 g/mol. The maximum atomic E-state index is 12.6. The third kappa shape index (κ3) is 4.31. The molecule has 1 aliphatic heterocycles. The Morgan fingerprint density at radius 2 is 2.07 bits per heavy atom. The van der Waals surface area contributed by atoms with Gasteiger partial charge >= 0.3 is 0 Å². The van der Waals surface area contributed by atoms with Crippen LogP contribution in [0, 0.1) is 6.92 Å². The van der Waals surface area contributed by atoms with E-state index >= 15 is 0 Å². The van der Waals surface area contributed by atoms with Crippen molar-refractivity contribution in [1.82, 2.24) is 30.6 Å². The number of hydrogen-bond acceptors (Lipinski definition) is 5. The van der Waals surface area contributed by atoms with Gasteiger partial charge in [-0.25, -0.2) is 0 Å². The van der Waals surface area contributed by atoms with Crippen LogP contribution in [-0.2, 0) is 6.54 Å². The first-order valence-electron chi connectivity index (χ1n) is 9.44. The molecular formula is C20H24N6O. The zero-order chi connectivity index (χ0) is 18.6. The van der Waals surface area contributed by atoms with E-state index < -0.39 is 0 Å². The van der Waals surface area contributed by atoms with Gasteiger partial charge in [-0.3, -0.25) is 14.7 Å². The molecule has 140 valence electrons. The number of nitrogens with zero attached hydrogens (tertiary/aromatic N) is 4. The van der Waals surface area contributed by atoms with Crippen molar-refractivity contribution in [1.29, 1.82) is 0 Å². The van der Waals surface area contributed by atoms with Crippen molar-refractivity contribution in [3.05, 3.63) is 53.3 Å². The van der Waals surface area contributed by atoms with Crippen molar-refractivity contribution in [2.24, 2.45) is 0 Å². The number of fused-ring (bicyclic) bond motifs is 1. The number of carbonyl (C=O) groups excluding carboxylic acids is 1. The van der Waals surface area contributed by atoms with Crippen LogP contribution in [0.5, 0.6) is 0 Å². The molecule has 27 heavy (non-hydrogen) atoms. The largest absolute Gasteiger partial charge is 0.349 e. The highest BCUT2D eigenvalue weighted by Gasteiger charge is 2.20. The van der Waals surface area contributed by atoms with Gasteiger partial charge in [0.15, 0.2) is 0 Å². The number of pyridine rings is 1. The summed E-state index contributed by atoms with van der Waals surface area (Å²) in [6.45, 7) is 4.88. The standard InChI is InChI=1S/C20H24N6O/c1-14-4-2-5-17(21-14)13-26-10-3-6-16(9-11-26)22-20(27)15-7-8-18-19(12-15)24-25-23-18/h2,4-5,7-8,12,16H,3,6,9-11,13H2,1H3,(H,22,27)(H,23,24,25)/t16-/m0/s1. The summed E-state index contributed by atoms with van der Waals surface area (Å²) in [5.74, 6) is -0.0429. The molecular weight excluding hydrogens is 340 g/mol. The molecule has 1 aliphatic rings. The van der Waals surface area contributed by atoms with Gasteiger partial charge in [0.1, 0.15) is 11.0 Å². The zero-order valence-corrected chi connectivity index (χ0v) is 15.5. The third-order valence-electron chi connectivity index (χ3n) is 5.07. The van der Waals surface area contributed by atoms with Crippen LogP contribution in [0.25, 0.3) is 11.0 Å². The van der Waals surface area contributed by atoms with E-state index in [0.717, 1.165) is 55.8 Å². The number of aromatic amines is 1. The summed E-state index contributed by atoms with van der Waals surface area (Å²) in [4.78, 5) is 19.6. The Kier molecular flexibility index (Phi) is 5.11. The van der Waals surface area contributed by atoms with Gasteiger partial charge in [-0.05, 0) is 63.1 Å². The van der Waals surface area contributed by atoms with Crippen LogP contribution >= 0.6 is 0 Å². The molecule has 2 aromatic heterocycles. The molecule has 1 fully saturated rings. The maximum Gasteiger partial charge on any atom is 0.251 e. The Morgan fingerprint density at radius 1 is 1.19 bits per heavy atom. The summed E-state index contributed by atoms with van der Waals surface area (Å²) < 4.78 is 0. The lowest BCUT2D eigenvalue weighted by atomic mass is 10.1. The summed E-state index contributed by atoms with van der Waals surface area (Å²) in [6.07, 6.45) is 3.01. The molecule has 1 atom stereocenters. The van der Waals surface area contributed by atoms with E-state index in [1.807, 2.05) is 19.1 Å². The maximum absolute atomic E-state index is 12.6. The molecule has 1 saturated heterocycles. The second kappa shape index (κ2) is 7.84. The van der Waals surface area contributed by atoms with Gasteiger partial charge in [0.2, 0.25) is 0 Å². The topological polar surface area (TPSA) is 86.8 Å². The predicted molar refractivity (Wildman–Crippen MR) is 103 cm³/mol. The van der Waals surface area contributed by atoms with Gasteiger partial charge in [-0.1, -0.05) is 6.07 Å². The Labute approximate surface area is 158 Å². The minimum absolute atomic E-state index is 0.0429. The van der Waals surface area contributed by atoms with Crippen molar-refractivity contribution in [2.75, 3.05) is 13.1 Å². The molecule has 1 aromatic carbocycles. The van der Waals surface area contributed by atoms with Gasteiger partial charge in [-0.2, -0.15) is 15.4 Å². The molecule has 0 spiro atoms. The van der Waals surface area contributed by atoms with Crippen LogP contribution in [0.3, 0.4) is 0 Å². The Balaban J connectivity index is 1.34. The van der Waals surface area contributed by atoms with Crippen LogP contribution in [0.4, 0.5) is 0 Å². The molecule has 0 unspecified atom stereocenters. The van der Waals surface area contributed by atoms with Crippen molar-refractivity contribution < 1.29 is 4.79 Å². The average molecular weight is 364 g/mol. The van der Waals surface area contributed by atoms with Crippen molar-refractivity contribution in [3.8, 4) is 0 Å². The van der Waals surface area contributed by atoms with Crippen LogP contribution in [-0.4, -0.2) is 50.3 Å². The van der Waals surface area contributed by atoms with Crippen LogP contribution < -0.4 is 5.32 Å². The molecule has 0 saturated carbocycles. The SMILES string of the molecule is Cc1cccc(CN2CCC[C@H](NC(=O)c3ccc4n[nH]nc4c3)CC2)n1. The molecule has 7 nitrogen and oxygen atoms in total. The van der Waals surface area contributed by atoms with E-state index in [9.17, 15) is 4.79 Å². The van der Waals surface area contributed by atoms with E-state index in [2.05, 4.69) is 42.7 Å². The molecule has 3 aromatic rings. The number of nitrogens with one attached hydrogen (secondary N) is 2. The fourth-order valence-electron chi connectivity index (χ4n) is 3.63. The molecule has 0 bridgehead atoms. The first-order chi connectivity index (χ1) is 13.2. The first kappa shape index (κ1) is 17.6. The number of H-pyrrole nitrogens is 1. The highest BCUT2D eigenvalue weighted by Crippen LogP contribution is 2.15. The lowest BCUT2D eigenvalue weighted by Gasteiger charge is -2.20. The Morgan fingerprint density at radius 3 is 2.96 bits per heavy atom. The molecule has 0 aliphatic carbocycles. The van der Waals surface area contributed by atoms with E-state index in [1.54, 1.807) is 12.1 Å². The smallest absolute Gasteiger partial charge is 0.251 e. The first-order valence-corrected chi connectivity index (χ1v) is 9.44. The van der Waals surface area contributed by atoms with Crippen molar-refractivity contribution >= 4 is 16.9 Å².